The quantitative estimate of drug-likeness (QED) is 0.830. The maximum atomic E-state index is 13.8. The molecule has 1 aromatic carbocycles. The van der Waals surface area contributed by atoms with E-state index in [-0.39, 0.29) is 42.0 Å². The number of carbonyl (C=O) groups excluding carboxylic acids is 2. The van der Waals surface area contributed by atoms with E-state index in [0.717, 1.165) is 13.0 Å². The molecule has 5 nitrogen and oxygen atoms in total. The summed E-state index contributed by atoms with van der Waals surface area (Å²) < 4.78 is 19.6. The smallest absolute Gasteiger partial charge is 0.225 e. The summed E-state index contributed by atoms with van der Waals surface area (Å²) in [4.78, 5) is 27.2. The second-order valence-corrected chi connectivity index (χ2v) is 8.05. The van der Waals surface area contributed by atoms with E-state index in [1.165, 1.54) is 18.9 Å². The molecule has 2 aliphatic heterocycles. The molecule has 4 rings (SSSR count). The van der Waals surface area contributed by atoms with Gasteiger partial charge in [-0.1, -0.05) is 18.2 Å². The number of fused-ring (bicyclic) bond motifs is 1. The van der Waals surface area contributed by atoms with Crippen molar-refractivity contribution in [1.82, 2.24) is 10.2 Å². The zero-order valence-electron chi connectivity index (χ0n) is 15.5. The van der Waals surface area contributed by atoms with E-state index in [1.807, 2.05) is 0 Å². The number of hydrogen-bond acceptors (Lipinski definition) is 3. The first-order chi connectivity index (χ1) is 13.1. The molecule has 3 atom stereocenters. The fourth-order valence-electron chi connectivity index (χ4n) is 4.26. The molecule has 3 fully saturated rings. The topological polar surface area (TPSA) is 58.6 Å². The van der Waals surface area contributed by atoms with E-state index in [2.05, 4.69) is 5.32 Å². The van der Waals surface area contributed by atoms with Gasteiger partial charge in [-0.3, -0.25) is 9.59 Å². The van der Waals surface area contributed by atoms with E-state index < -0.39 is 0 Å². The minimum absolute atomic E-state index is 0.0350. The zero-order valence-corrected chi connectivity index (χ0v) is 15.5. The van der Waals surface area contributed by atoms with Gasteiger partial charge in [0.25, 0.3) is 0 Å². The number of likely N-dealkylation sites (tertiary alicyclic amines) is 1. The van der Waals surface area contributed by atoms with Gasteiger partial charge in [-0.15, -0.1) is 0 Å². The van der Waals surface area contributed by atoms with Crippen molar-refractivity contribution in [2.24, 2.45) is 17.8 Å². The predicted octanol–water partition coefficient (Wildman–Crippen LogP) is 2.15. The maximum Gasteiger partial charge on any atom is 0.225 e. The molecule has 2 heterocycles. The molecule has 1 aliphatic carbocycles. The van der Waals surface area contributed by atoms with Gasteiger partial charge in [-0.2, -0.15) is 0 Å². The first-order valence-corrected chi connectivity index (χ1v) is 10.0. The van der Waals surface area contributed by atoms with Crippen LogP contribution in [-0.2, 0) is 20.7 Å². The largest absolute Gasteiger partial charge is 0.376 e. The summed E-state index contributed by atoms with van der Waals surface area (Å²) >= 11 is 0. The lowest BCUT2D eigenvalue weighted by Gasteiger charge is -2.39. The van der Waals surface area contributed by atoms with Crippen molar-refractivity contribution in [1.29, 1.82) is 0 Å². The summed E-state index contributed by atoms with van der Waals surface area (Å²) in [5.41, 5.74) is 0.552. The fraction of sp³-hybridized carbons (Fsp3) is 0.619. The maximum absolute atomic E-state index is 13.8. The van der Waals surface area contributed by atoms with Crippen molar-refractivity contribution in [2.75, 3.05) is 26.2 Å². The standard InChI is InChI=1S/C21H27FN2O3/c22-18-4-2-1-3-15(18)7-8-20(25)24-12-17(16-9-10-27-19(16)13-24)21(26)23-11-14-5-6-14/h1-4,14,16-17,19H,5-13H2,(H,23,26)/t16-,17-,19+/m0/s1. The SMILES string of the molecule is O=C(NCC1CC1)[C@H]1CN(C(=O)CCc2ccccc2F)C[C@H]2OCC[C@@H]12. The van der Waals surface area contributed by atoms with Gasteiger partial charge in [0.15, 0.2) is 0 Å². The van der Waals surface area contributed by atoms with Crippen LogP contribution in [0, 0.1) is 23.6 Å². The van der Waals surface area contributed by atoms with Crippen molar-refractivity contribution in [3.05, 3.63) is 35.6 Å². The molecule has 146 valence electrons. The van der Waals surface area contributed by atoms with E-state index >= 15 is 0 Å². The lowest BCUT2D eigenvalue weighted by atomic mass is 9.82. The monoisotopic (exact) mass is 374 g/mol. The lowest BCUT2D eigenvalue weighted by Crippen LogP contribution is -2.54. The molecule has 0 aromatic heterocycles. The Morgan fingerprint density at radius 1 is 1.19 bits per heavy atom. The van der Waals surface area contributed by atoms with E-state index in [9.17, 15) is 14.0 Å². The third-order valence-corrected chi connectivity index (χ3v) is 6.11. The molecule has 2 saturated heterocycles. The Bertz CT molecular complexity index is 706. The first-order valence-electron chi connectivity index (χ1n) is 10.0. The number of halogens is 1. The highest BCUT2D eigenvalue weighted by atomic mass is 19.1. The van der Waals surface area contributed by atoms with Crippen molar-refractivity contribution in [2.45, 2.75) is 38.2 Å². The number of nitrogens with zero attached hydrogens (tertiary/aromatic N) is 1. The zero-order chi connectivity index (χ0) is 18.8. The minimum atomic E-state index is -0.277. The summed E-state index contributed by atoms with van der Waals surface area (Å²) in [5.74, 6) is 0.357. The number of benzene rings is 1. The molecule has 27 heavy (non-hydrogen) atoms. The first kappa shape index (κ1) is 18.4. The van der Waals surface area contributed by atoms with E-state index in [0.29, 0.717) is 37.6 Å². The summed E-state index contributed by atoms with van der Waals surface area (Å²) in [7, 11) is 0. The molecule has 1 saturated carbocycles. The van der Waals surface area contributed by atoms with Crippen LogP contribution < -0.4 is 5.32 Å². The number of carbonyl (C=O) groups is 2. The molecular weight excluding hydrogens is 347 g/mol. The number of hydrogen-bond donors (Lipinski definition) is 1. The van der Waals surface area contributed by atoms with Gasteiger partial charge in [0.1, 0.15) is 5.82 Å². The number of ether oxygens (including phenoxy) is 1. The van der Waals surface area contributed by atoms with Crippen LogP contribution in [0.4, 0.5) is 4.39 Å². The highest BCUT2D eigenvalue weighted by Gasteiger charge is 2.45. The molecular formula is C21H27FN2O3. The summed E-state index contributed by atoms with van der Waals surface area (Å²) in [6.07, 6.45) is 3.82. The summed E-state index contributed by atoms with van der Waals surface area (Å²) in [6, 6.07) is 6.55. The van der Waals surface area contributed by atoms with Crippen molar-refractivity contribution < 1.29 is 18.7 Å². The van der Waals surface area contributed by atoms with E-state index in [1.54, 1.807) is 23.1 Å². The van der Waals surface area contributed by atoms with Crippen LogP contribution in [-0.4, -0.2) is 49.1 Å². The predicted molar refractivity (Wildman–Crippen MR) is 98.4 cm³/mol. The third kappa shape index (κ3) is 4.32. The lowest BCUT2D eigenvalue weighted by molar-refractivity contribution is -0.141. The molecule has 0 unspecified atom stereocenters. The van der Waals surface area contributed by atoms with Gasteiger partial charge in [0, 0.05) is 38.6 Å². The number of rotatable bonds is 6. The van der Waals surface area contributed by atoms with Crippen molar-refractivity contribution >= 4 is 11.8 Å². The minimum Gasteiger partial charge on any atom is -0.376 e. The molecule has 2 amide bonds. The Labute approximate surface area is 159 Å². The van der Waals surface area contributed by atoms with Gasteiger partial charge in [-0.25, -0.2) is 4.39 Å². The molecule has 3 aliphatic rings. The molecule has 0 radical (unpaired) electrons. The van der Waals surface area contributed by atoms with Gasteiger partial charge in [0.2, 0.25) is 11.8 Å². The Kier molecular flexibility index (Phi) is 5.43. The van der Waals surface area contributed by atoms with Crippen LogP contribution in [0.1, 0.15) is 31.2 Å². The summed E-state index contributed by atoms with van der Waals surface area (Å²) in [5, 5.41) is 3.07. The average molecular weight is 374 g/mol. The average Bonchev–Trinajstić information content (AvgIpc) is 3.39. The third-order valence-electron chi connectivity index (χ3n) is 6.11. The van der Waals surface area contributed by atoms with Crippen LogP contribution in [0.2, 0.25) is 0 Å². The molecule has 6 heteroatoms. The van der Waals surface area contributed by atoms with Gasteiger partial charge in [-0.05, 0) is 43.2 Å². The molecule has 1 aromatic rings. The van der Waals surface area contributed by atoms with Crippen LogP contribution in [0.5, 0.6) is 0 Å². The number of amides is 2. The second kappa shape index (κ2) is 7.97. The molecule has 0 bridgehead atoms. The normalized spacial score (nSPS) is 27.3. The Morgan fingerprint density at radius 3 is 2.78 bits per heavy atom. The van der Waals surface area contributed by atoms with Crippen LogP contribution >= 0.6 is 0 Å². The van der Waals surface area contributed by atoms with E-state index in [4.69, 9.17) is 4.74 Å². The van der Waals surface area contributed by atoms with Gasteiger partial charge < -0.3 is 15.0 Å². The van der Waals surface area contributed by atoms with Gasteiger partial charge in [0.05, 0.1) is 12.0 Å². The molecule has 0 spiro atoms. The number of aryl methyl sites for hydroxylation is 1. The Morgan fingerprint density at radius 2 is 2.00 bits per heavy atom. The van der Waals surface area contributed by atoms with Crippen LogP contribution in [0.25, 0.3) is 0 Å². The van der Waals surface area contributed by atoms with Crippen LogP contribution in [0.15, 0.2) is 24.3 Å². The van der Waals surface area contributed by atoms with Crippen LogP contribution in [0.3, 0.4) is 0 Å². The highest BCUT2D eigenvalue weighted by Crippen LogP contribution is 2.34. The van der Waals surface area contributed by atoms with Crippen molar-refractivity contribution in [3.8, 4) is 0 Å². The second-order valence-electron chi connectivity index (χ2n) is 8.05. The van der Waals surface area contributed by atoms with Crippen molar-refractivity contribution in [3.63, 3.8) is 0 Å². The highest BCUT2D eigenvalue weighted by molar-refractivity contribution is 5.82. The Balaban J connectivity index is 1.37. The number of piperidine rings is 1. The summed E-state index contributed by atoms with van der Waals surface area (Å²) in [6.45, 7) is 2.37. The number of nitrogens with one attached hydrogen (secondary N) is 1. The Hall–Kier alpha value is -1.95. The fourth-order valence-corrected chi connectivity index (χ4v) is 4.26. The molecule has 1 N–H and O–H groups in total. The van der Waals surface area contributed by atoms with Gasteiger partial charge >= 0.3 is 0 Å².